The Labute approximate surface area is 99.0 Å². The van der Waals surface area contributed by atoms with E-state index in [-0.39, 0.29) is 12.5 Å². The van der Waals surface area contributed by atoms with Crippen molar-refractivity contribution in [1.82, 2.24) is 10.6 Å². The van der Waals surface area contributed by atoms with Crippen LogP contribution in [0.15, 0.2) is 18.2 Å². The van der Waals surface area contributed by atoms with E-state index in [0.717, 1.165) is 0 Å². The Morgan fingerprint density at radius 1 is 1.56 bits per heavy atom. The highest BCUT2D eigenvalue weighted by molar-refractivity contribution is 6.31. The Kier molecular flexibility index (Phi) is 4.71. The van der Waals surface area contributed by atoms with E-state index >= 15 is 0 Å². The molecule has 0 aliphatic heterocycles. The number of amides is 1. The van der Waals surface area contributed by atoms with Crippen molar-refractivity contribution in [3.05, 3.63) is 34.6 Å². The summed E-state index contributed by atoms with van der Waals surface area (Å²) in [4.78, 5) is 11.3. The monoisotopic (exact) mass is 244 g/mol. The van der Waals surface area contributed by atoms with Crippen LogP contribution in [-0.2, 0) is 4.79 Å². The quantitative estimate of drug-likeness (QED) is 0.849. The number of halogens is 2. The van der Waals surface area contributed by atoms with Crippen molar-refractivity contribution in [3.63, 3.8) is 0 Å². The summed E-state index contributed by atoms with van der Waals surface area (Å²) < 4.78 is 13.5. The molecular weight excluding hydrogens is 231 g/mol. The molecule has 16 heavy (non-hydrogen) atoms. The number of rotatable bonds is 4. The van der Waals surface area contributed by atoms with Crippen LogP contribution >= 0.6 is 11.6 Å². The van der Waals surface area contributed by atoms with E-state index < -0.39 is 11.9 Å². The van der Waals surface area contributed by atoms with Crippen molar-refractivity contribution in [2.45, 2.75) is 13.0 Å². The first-order valence-corrected chi connectivity index (χ1v) is 5.32. The molecule has 0 radical (unpaired) electrons. The summed E-state index contributed by atoms with van der Waals surface area (Å²) in [5, 5.41) is 5.68. The highest BCUT2D eigenvalue weighted by atomic mass is 35.5. The van der Waals surface area contributed by atoms with Gasteiger partial charge in [-0.15, -0.1) is 0 Å². The van der Waals surface area contributed by atoms with E-state index in [4.69, 9.17) is 11.6 Å². The molecule has 0 bridgehead atoms. The lowest BCUT2D eigenvalue weighted by Gasteiger charge is -2.16. The summed E-state index contributed by atoms with van der Waals surface area (Å²) in [5.41, 5.74) is 0.314. The maximum absolute atomic E-state index is 13.5. The lowest BCUT2D eigenvalue weighted by atomic mass is 10.1. The normalized spacial score (nSPS) is 12.2. The predicted octanol–water partition coefficient (Wildman–Crippen LogP) is 1.88. The highest BCUT2D eigenvalue weighted by Crippen LogP contribution is 2.25. The minimum atomic E-state index is -0.449. The van der Waals surface area contributed by atoms with Gasteiger partial charge in [-0.1, -0.05) is 17.7 Å². The first kappa shape index (κ1) is 12.9. The summed E-state index contributed by atoms with van der Waals surface area (Å²) >= 11 is 5.88. The molecule has 0 aromatic heterocycles. The Balaban J connectivity index is 2.80. The number of hydrogen-bond donors (Lipinski definition) is 2. The SMILES string of the molecule is CNCC(=O)NC(C)c1c(F)cccc1Cl. The Bertz CT molecular complexity index is 364. The molecule has 1 rings (SSSR count). The molecule has 1 amide bonds. The summed E-state index contributed by atoms with van der Waals surface area (Å²) in [6.07, 6.45) is 0. The minimum absolute atomic E-state index is 0.191. The molecule has 5 heteroatoms. The number of nitrogens with one attached hydrogen (secondary N) is 2. The average molecular weight is 245 g/mol. The molecule has 0 spiro atoms. The number of carbonyl (C=O) groups is 1. The molecule has 0 aliphatic carbocycles. The smallest absolute Gasteiger partial charge is 0.234 e. The summed E-state index contributed by atoms with van der Waals surface area (Å²) in [7, 11) is 1.67. The van der Waals surface area contributed by atoms with Gasteiger partial charge in [0.05, 0.1) is 12.6 Å². The largest absolute Gasteiger partial charge is 0.348 e. The molecule has 88 valence electrons. The second-order valence-corrected chi connectivity index (χ2v) is 3.86. The maximum atomic E-state index is 13.5. The molecule has 0 saturated carbocycles. The van der Waals surface area contributed by atoms with Gasteiger partial charge >= 0.3 is 0 Å². The van der Waals surface area contributed by atoms with Crippen LogP contribution in [0.25, 0.3) is 0 Å². The second-order valence-electron chi connectivity index (χ2n) is 3.45. The zero-order chi connectivity index (χ0) is 12.1. The van der Waals surface area contributed by atoms with E-state index in [0.29, 0.717) is 10.6 Å². The van der Waals surface area contributed by atoms with Crippen LogP contribution < -0.4 is 10.6 Å². The molecule has 0 heterocycles. The van der Waals surface area contributed by atoms with Gasteiger partial charge in [0.15, 0.2) is 0 Å². The Hall–Kier alpha value is -1.13. The van der Waals surface area contributed by atoms with Gasteiger partial charge in [0, 0.05) is 10.6 Å². The second kappa shape index (κ2) is 5.82. The van der Waals surface area contributed by atoms with Crippen LogP contribution in [-0.4, -0.2) is 19.5 Å². The summed E-state index contributed by atoms with van der Waals surface area (Å²) in [6, 6.07) is 4.00. The van der Waals surface area contributed by atoms with Crippen LogP contribution in [0, 0.1) is 5.82 Å². The minimum Gasteiger partial charge on any atom is -0.348 e. The molecule has 1 unspecified atom stereocenters. The molecule has 0 fully saturated rings. The van der Waals surface area contributed by atoms with Gasteiger partial charge < -0.3 is 10.6 Å². The number of likely N-dealkylation sites (N-methyl/N-ethyl adjacent to an activating group) is 1. The third-order valence-corrected chi connectivity index (χ3v) is 2.48. The van der Waals surface area contributed by atoms with E-state index in [1.165, 1.54) is 12.1 Å². The fraction of sp³-hybridized carbons (Fsp3) is 0.364. The zero-order valence-electron chi connectivity index (χ0n) is 9.18. The maximum Gasteiger partial charge on any atom is 0.234 e. The topological polar surface area (TPSA) is 41.1 Å². The van der Waals surface area contributed by atoms with Gasteiger partial charge in [-0.05, 0) is 26.1 Å². The lowest BCUT2D eigenvalue weighted by molar-refractivity contribution is -0.120. The fourth-order valence-electron chi connectivity index (χ4n) is 1.45. The first-order chi connectivity index (χ1) is 7.56. The molecule has 2 N–H and O–H groups in total. The van der Waals surface area contributed by atoms with Crippen molar-refractivity contribution in [2.75, 3.05) is 13.6 Å². The Morgan fingerprint density at radius 3 is 2.81 bits per heavy atom. The van der Waals surface area contributed by atoms with Crippen LogP contribution in [0.4, 0.5) is 4.39 Å². The lowest BCUT2D eigenvalue weighted by Crippen LogP contribution is -2.34. The number of hydrogen-bond acceptors (Lipinski definition) is 2. The molecule has 3 nitrogen and oxygen atoms in total. The van der Waals surface area contributed by atoms with E-state index in [2.05, 4.69) is 10.6 Å². The number of carbonyl (C=O) groups excluding carboxylic acids is 1. The van der Waals surface area contributed by atoms with Crippen molar-refractivity contribution in [2.24, 2.45) is 0 Å². The highest BCUT2D eigenvalue weighted by Gasteiger charge is 2.16. The van der Waals surface area contributed by atoms with Crippen LogP contribution in [0.3, 0.4) is 0 Å². The first-order valence-electron chi connectivity index (χ1n) is 4.94. The van der Waals surface area contributed by atoms with Crippen LogP contribution in [0.5, 0.6) is 0 Å². The molecular formula is C11H14ClFN2O. The van der Waals surface area contributed by atoms with Crippen LogP contribution in [0.2, 0.25) is 5.02 Å². The fourth-order valence-corrected chi connectivity index (χ4v) is 1.78. The van der Waals surface area contributed by atoms with E-state index in [9.17, 15) is 9.18 Å². The van der Waals surface area contributed by atoms with Crippen LogP contribution in [0.1, 0.15) is 18.5 Å². The van der Waals surface area contributed by atoms with Gasteiger partial charge in [-0.25, -0.2) is 4.39 Å². The van der Waals surface area contributed by atoms with Gasteiger partial charge in [0.2, 0.25) is 5.91 Å². The average Bonchev–Trinajstić information content (AvgIpc) is 2.17. The molecule has 0 saturated heterocycles. The number of benzene rings is 1. The molecule has 1 aromatic rings. The third-order valence-electron chi connectivity index (χ3n) is 2.15. The van der Waals surface area contributed by atoms with Crippen molar-refractivity contribution in [3.8, 4) is 0 Å². The summed E-state index contributed by atoms with van der Waals surface area (Å²) in [5.74, 6) is -0.612. The van der Waals surface area contributed by atoms with Gasteiger partial charge in [-0.2, -0.15) is 0 Å². The zero-order valence-corrected chi connectivity index (χ0v) is 9.94. The van der Waals surface area contributed by atoms with Crippen molar-refractivity contribution in [1.29, 1.82) is 0 Å². The van der Waals surface area contributed by atoms with E-state index in [1.54, 1.807) is 20.0 Å². The molecule has 1 aromatic carbocycles. The third kappa shape index (κ3) is 3.18. The van der Waals surface area contributed by atoms with E-state index in [1.807, 2.05) is 0 Å². The Morgan fingerprint density at radius 2 is 2.25 bits per heavy atom. The molecule has 1 atom stereocenters. The van der Waals surface area contributed by atoms with Gasteiger partial charge in [0.1, 0.15) is 5.82 Å². The van der Waals surface area contributed by atoms with Gasteiger partial charge in [-0.3, -0.25) is 4.79 Å². The van der Waals surface area contributed by atoms with Crippen molar-refractivity contribution < 1.29 is 9.18 Å². The predicted molar refractivity (Wildman–Crippen MR) is 61.9 cm³/mol. The molecule has 0 aliphatic rings. The summed E-state index contributed by atoms with van der Waals surface area (Å²) in [6.45, 7) is 1.88. The van der Waals surface area contributed by atoms with Gasteiger partial charge in [0.25, 0.3) is 0 Å². The standard InChI is InChI=1S/C11H14ClFN2O/c1-7(15-10(16)6-14-2)11-8(12)4-3-5-9(11)13/h3-5,7,14H,6H2,1-2H3,(H,15,16). The van der Waals surface area contributed by atoms with Crippen molar-refractivity contribution >= 4 is 17.5 Å².